The topological polar surface area (TPSA) is 33.0 Å². The Hall–Kier alpha value is -0.200. The molecule has 1 aliphatic heterocycles. The van der Waals surface area contributed by atoms with Crippen molar-refractivity contribution in [3.63, 3.8) is 0 Å². The summed E-state index contributed by atoms with van der Waals surface area (Å²) in [7, 11) is 0. The number of nitrogens with zero attached hydrogens (tertiary/aromatic N) is 1. The number of nitriles is 1. The highest BCUT2D eigenvalue weighted by Gasteiger charge is 2.38. The summed E-state index contributed by atoms with van der Waals surface area (Å²) < 4.78 is 5.44. The first-order valence-corrected chi connectivity index (χ1v) is 5.36. The fraction of sp³-hybridized carbons (Fsp3) is 0.889. The fourth-order valence-corrected chi connectivity index (χ4v) is 2.84. The van der Waals surface area contributed by atoms with E-state index in [-0.39, 0.29) is 10.9 Å². The summed E-state index contributed by atoms with van der Waals surface area (Å²) in [6.07, 6.45) is 2.09. The summed E-state index contributed by atoms with van der Waals surface area (Å²) in [6, 6.07) is 2.24. The normalized spacial score (nSPS) is 31.4. The smallest absolute Gasteiger partial charge is 0.158 e. The monoisotopic (exact) mass is 185 g/mol. The fourth-order valence-electron chi connectivity index (χ4n) is 1.52. The summed E-state index contributed by atoms with van der Waals surface area (Å²) in [4.78, 5) is 0. The third kappa shape index (κ3) is 1.94. The highest BCUT2D eigenvalue weighted by molar-refractivity contribution is 8.00. The molecule has 0 aromatic rings. The number of thioether (sulfide) groups is 1. The van der Waals surface area contributed by atoms with Gasteiger partial charge in [-0.25, -0.2) is 0 Å². The van der Waals surface area contributed by atoms with Gasteiger partial charge in [0.15, 0.2) is 6.10 Å². The van der Waals surface area contributed by atoms with E-state index in [9.17, 15) is 0 Å². The minimum absolute atomic E-state index is 0.0464. The van der Waals surface area contributed by atoms with Gasteiger partial charge in [0.1, 0.15) is 0 Å². The summed E-state index contributed by atoms with van der Waals surface area (Å²) in [5, 5.41) is 8.89. The molecule has 0 aromatic carbocycles. The second-order valence-electron chi connectivity index (χ2n) is 3.23. The standard InChI is InChI=1S/C9H15NOS/c1-3-11-8(7-10)9(2)5-4-6-12-9/h8H,3-6H2,1-2H3. The minimum Gasteiger partial charge on any atom is -0.362 e. The van der Waals surface area contributed by atoms with E-state index in [0.717, 1.165) is 6.42 Å². The maximum Gasteiger partial charge on any atom is 0.158 e. The molecule has 68 valence electrons. The van der Waals surface area contributed by atoms with Gasteiger partial charge in [-0.2, -0.15) is 17.0 Å². The second-order valence-corrected chi connectivity index (χ2v) is 4.86. The Labute approximate surface area is 78.3 Å². The van der Waals surface area contributed by atoms with Gasteiger partial charge in [-0.05, 0) is 32.4 Å². The van der Waals surface area contributed by atoms with Gasteiger partial charge in [0.05, 0.1) is 10.8 Å². The number of ether oxygens (including phenoxy) is 1. The van der Waals surface area contributed by atoms with Crippen LogP contribution in [0.15, 0.2) is 0 Å². The third-order valence-electron chi connectivity index (χ3n) is 2.25. The summed E-state index contributed by atoms with van der Waals surface area (Å²) in [5.74, 6) is 1.17. The van der Waals surface area contributed by atoms with Crippen molar-refractivity contribution >= 4 is 11.8 Å². The molecule has 0 N–H and O–H groups in total. The molecule has 1 saturated heterocycles. The largest absolute Gasteiger partial charge is 0.362 e. The Morgan fingerprint density at radius 3 is 2.92 bits per heavy atom. The lowest BCUT2D eigenvalue weighted by Crippen LogP contribution is -2.34. The maximum atomic E-state index is 8.89. The molecule has 0 aliphatic carbocycles. The van der Waals surface area contributed by atoms with Crippen molar-refractivity contribution in [2.75, 3.05) is 12.4 Å². The zero-order valence-electron chi connectivity index (χ0n) is 7.67. The first-order valence-electron chi connectivity index (χ1n) is 4.38. The van der Waals surface area contributed by atoms with Crippen molar-refractivity contribution in [2.24, 2.45) is 0 Å². The Bertz CT molecular complexity index is 181. The molecule has 1 heterocycles. The van der Waals surface area contributed by atoms with E-state index in [1.807, 2.05) is 18.7 Å². The van der Waals surface area contributed by atoms with E-state index in [1.54, 1.807) is 0 Å². The molecule has 2 atom stereocenters. The minimum atomic E-state index is -0.227. The second kappa shape index (κ2) is 4.15. The molecule has 12 heavy (non-hydrogen) atoms. The molecule has 0 bridgehead atoms. The van der Waals surface area contributed by atoms with E-state index in [1.165, 1.54) is 12.2 Å². The van der Waals surface area contributed by atoms with Crippen LogP contribution in [0.4, 0.5) is 0 Å². The highest BCUT2D eigenvalue weighted by Crippen LogP contribution is 2.41. The molecule has 1 aliphatic rings. The van der Waals surface area contributed by atoms with Crippen LogP contribution < -0.4 is 0 Å². The SMILES string of the molecule is CCOC(C#N)C1(C)CCCS1. The Morgan fingerprint density at radius 1 is 1.75 bits per heavy atom. The van der Waals surface area contributed by atoms with Crippen molar-refractivity contribution in [2.45, 2.75) is 37.5 Å². The van der Waals surface area contributed by atoms with Crippen LogP contribution in [0.25, 0.3) is 0 Å². The van der Waals surface area contributed by atoms with Crippen LogP contribution in [0.1, 0.15) is 26.7 Å². The van der Waals surface area contributed by atoms with Gasteiger partial charge >= 0.3 is 0 Å². The molecule has 0 saturated carbocycles. The van der Waals surface area contributed by atoms with Gasteiger partial charge in [-0.3, -0.25) is 0 Å². The lowest BCUT2D eigenvalue weighted by molar-refractivity contribution is 0.0759. The van der Waals surface area contributed by atoms with Crippen LogP contribution in [0.3, 0.4) is 0 Å². The van der Waals surface area contributed by atoms with Crippen LogP contribution in [-0.4, -0.2) is 23.2 Å². The molecule has 2 unspecified atom stereocenters. The Balaban J connectivity index is 2.58. The van der Waals surface area contributed by atoms with Gasteiger partial charge in [-0.1, -0.05) is 0 Å². The average molecular weight is 185 g/mol. The van der Waals surface area contributed by atoms with Crippen LogP contribution in [-0.2, 0) is 4.74 Å². The Morgan fingerprint density at radius 2 is 2.50 bits per heavy atom. The van der Waals surface area contributed by atoms with Crippen LogP contribution >= 0.6 is 11.8 Å². The average Bonchev–Trinajstić information content (AvgIpc) is 2.49. The van der Waals surface area contributed by atoms with Crippen LogP contribution in [0, 0.1) is 11.3 Å². The van der Waals surface area contributed by atoms with E-state index in [4.69, 9.17) is 10.00 Å². The predicted molar refractivity (Wildman–Crippen MR) is 51.1 cm³/mol. The van der Waals surface area contributed by atoms with Crippen LogP contribution in [0.5, 0.6) is 0 Å². The lowest BCUT2D eigenvalue weighted by Gasteiger charge is -2.27. The molecule has 0 radical (unpaired) electrons. The van der Waals surface area contributed by atoms with Crippen molar-refractivity contribution in [3.05, 3.63) is 0 Å². The predicted octanol–water partition coefficient (Wildman–Crippen LogP) is 2.20. The number of hydrogen-bond acceptors (Lipinski definition) is 3. The van der Waals surface area contributed by atoms with Crippen molar-refractivity contribution in [1.29, 1.82) is 5.26 Å². The van der Waals surface area contributed by atoms with Gasteiger partial charge in [0.2, 0.25) is 0 Å². The van der Waals surface area contributed by atoms with E-state index < -0.39 is 0 Å². The zero-order valence-corrected chi connectivity index (χ0v) is 8.49. The first kappa shape index (κ1) is 9.88. The molecule has 0 spiro atoms. The molecule has 1 rings (SSSR count). The molecule has 1 fully saturated rings. The number of hydrogen-bond donors (Lipinski definition) is 0. The van der Waals surface area contributed by atoms with E-state index in [2.05, 4.69) is 13.0 Å². The third-order valence-corrected chi connectivity index (χ3v) is 3.82. The maximum absolute atomic E-state index is 8.89. The summed E-state index contributed by atoms with van der Waals surface area (Å²) in [5.41, 5.74) is 0. The van der Waals surface area contributed by atoms with Crippen molar-refractivity contribution in [1.82, 2.24) is 0 Å². The van der Waals surface area contributed by atoms with Gasteiger partial charge in [0.25, 0.3) is 0 Å². The first-order chi connectivity index (χ1) is 5.73. The lowest BCUT2D eigenvalue weighted by atomic mass is 9.99. The Kier molecular flexibility index (Phi) is 3.42. The molecular formula is C9H15NOS. The van der Waals surface area contributed by atoms with Gasteiger partial charge in [-0.15, -0.1) is 0 Å². The molecule has 2 nitrogen and oxygen atoms in total. The molecular weight excluding hydrogens is 170 g/mol. The van der Waals surface area contributed by atoms with Gasteiger partial charge in [0, 0.05) is 6.61 Å². The van der Waals surface area contributed by atoms with Crippen molar-refractivity contribution < 1.29 is 4.74 Å². The zero-order chi connectivity index (χ0) is 9.03. The summed E-state index contributed by atoms with van der Waals surface area (Å²) in [6.45, 7) is 4.70. The highest BCUT2D eigenvalue weighted by atomic mass is 32.2. The van der Waals surface area contributed by atoms with Crippen LogP contribution in [0.2, 0.25) is 0 Å². The van der Waals surface area contributed by atoms with E-state index in [0.29, 0.717) is 6.61 Å². The quantitative estimate of drug-likeness (QED) is 0.675. The van der Waals surface area contributed by atoms with E-state index >= 15 is 0 Å². The number of rotatable bonds is 3. The molecule has 0 aromatic heterocycles. The molecule has 0 amide bonds. The summed E-state index contributed by atoms with van der Waals surface area (Å²) >= 11 is 1.87. The van der Waals surface area contributed by atoms with Gasteiger partial charge < -0.3 is 4.74 Å². The molecule has 3 heteroatoms. The van der Waals surface area contributed by atoms with Crippen molar-refractivity contribution in [3.8, 4) is 6.07 Å².